The molecule has 3 unspecified atom stereocenters. The van der Waals surface area contributed by atoms with Crippen molar-refractivity contribution in [1.29, 1.82) is 0 Å². The normalized spacial score (nSPS) is 25.5. The zero-order chi connectivity index (χ0) is 18.7. The monoisotopic (exact) mass is 360 g/mol. The highest BCUT2D eigenvalue weighted by Gasteiger charge is 2.37. The van der Waals surface area contributed by atoms with Crippen molar-refractivity contribution in [2.75, 3.05) is 6.61 Å². The minimum atomic E-state index is -1.79. The maximum absolute atomic E-state index is 12.6. The molecule has 2 heterocycles. The van der Waals surface area contributed by atoms with Crippen LogP contribution in [0.4, 0.5) is 0 Å². The largest absolute Gasteiger partial charge is 0.489 e. The fourth-order valence-electron chi connectivity index (χ4n) is 3.53. The first-order valence-corrected chi connectivity index (χ1v) is 8.66. The van der Waals surface area contributed by atoms with Gasteiger partial charge < -0.3 is 25.4 Å². The van der Waals surface area contributed by atoms with Crippen molar-refractivity contribution >= 4 is 30.7 Å². The van der Waals surface area contributed by atoms with Gasteiger partial charge in [-0.3, -0.25) is 14.4 Å². The van der Waals surface area contributed by atoms with Crippen LogP contribution in [0.25, 0.3) is 0 Å². The van der Waals surface area contributed by atoms with Gasteiger partial charge in [0.2, 0.25) is 5.91 Å². The molecular formula is C17H21BN2O6. The lowest BCUT2D eigenvalue weighted by molar-refractivity contribution is -0.125. The molecule has 2 aliphatic rings. The molecule has 0 aromatic heterocycles. The van der Waals surface area contributed by atoms with Crippen LogP contribution in [0.15, 0.2) is 18.2 Å². The number of benzene rings is 1. The van der Waals surface area contributed by atoms with E-state index in [4.69, 9.17) is 4.74 Å². The Kier molecular flexibility index (Phi) is 5.70. The fraction of sp³-hybridized carbons (Fsp3) is 0.471. The number of carbonyl (C=O) groups excluding carboxylic acids is 3. The van der Waals surface area contributed by atoms with E-state index >= 15 is 0 Å². The van der Waals surface area contributed by atoms with Crippen LogP contribution in [0.1, 0.15) is 46.4 Å². The molecule has 3 atom stereocenters. The second-order valence-electron chi connectivity index (χ2n) is 6.60. The molecule has 2 aliphatic heterocycles. The van der Waals surface area contributed by atoms with Gasteiger partial charge in [0.25, 0.3) is 5.91 Å². The molecule has 0 aliphatic carbocycles. The molecule has 2 fully saturated rings. The summed E-state index contributed by atoms with van der Waals surface area (Å²) in [5.74, 6) is -0.447. The lowest BCUT2D eigenvalue weighted by Crippen LogP contribution is -2.60. The Bertz CT molecular complexity index is 704. The standard InChI is InChI=1S/C17H21BN2O6/c21-9-11-8-10(3-4-12(11)18(24)25)17(23)19-13-5-6-15(22)20-16(13)14-2-1-7-26-14/h3-4,8-9,13-14,16,24-25H,1-2,5-7H2,(H,19,23)(H,20,22). The van der Waals surface area contributed by atoms with Crippen molar-refractivity contribution in [2.24, 2.45) is 0 Å². The van der Waals surface area contributed by atoms with E-state index in [0.29, 0.717) is 25.7 Å². The summed E-state index contributed by atoms with van der Waals surface area (Å²) in [4.78, 5) is 35.5. The molecule has 26 heavy (non-hydrogen) atoms. The van der Waals surface area contributed by atoms with Gasteiger partial charge in [-0.1, -0.05) is 6.07 Å². The van der Waals surface area contributed by atoms with Crippen LogP contribution in [-0.2, 0) is 9.53 Å². The number of ether oxygens (including phenoxy) is 1. The summed E-state index contributed by atoms with van der Waals surface area (Å²) in [5, 5.41) is 24.3. The third-order valence-electron chi connectivity index (χ3n) is 4.88. The Balaban J connectivity index is 1.75. The summed E-state index contributed by atoms with van der Waals surface area (Å²) in [6, 6.07) is 3.53. The van der Waals surface area contributed by atoms with E-state index in [1.807, 2.05) is 0 Å². The first kappa shape index (κ1) is 18.6. The number of hydrogen-bond acceptors (Lipinski definition) is 6. The van der Waals surface area contributed by atoms with Crippen LogP contribution >= 0.6 is 0 Å². The van der Waals surface area contributed by atoms with Crippen molar-refractivity contribution in [2.45, 2.75) is 43.9 Å². The Hall–Kier alpha value is -2.23. The zero-order valence-electron chi connectivity index (χ0n) is 14.2. The van der Waals surface area contributed by atoms with Crippen LogP contribution in [0.3, 0.4) is 0 Å². The third-order valence-corrected chi connectivity index (χ3v) is 4.88. The average molecular weight is 360 g/mol. The summed E-state index contributed by atoms with van der Waals surface area (Å²) >= 11 is 0. The second-order valence-corrected chi connectivity index (χ2v) is 6.60. The molecule has 0 radical (unpaired) electrons. The molecule has 9 heteroatoms. The Morgan fingerprint density at radius 2 is 2.15 bits per heavy atom. The topological polar surface area (TPSA) is 125 Å². The van der Waals surface area contributed by atoms with Gasteiger partial charge in [-0.05, 0) is 36.9 Å². The van der Waals surface area contributed by atoms with E-state index in [1.54, 1.807) is 0 Å². The molecule has 138 valence electrons. The highest BCUT2D eigenvalue weighted by molar-refractivity contribution is 6.60. The SMILES string of the molecule is O=Cc1cc(C(=O)NC2CCC(=O)NC2C2CCCO2)ccc1B(O)O. The summed E-state index contributed by atoms with van der Waals surface area (Å²) in [7, 11) is -1.79. The predicted octanol–water partition coefficient (Wildman–Crippen LogP) is -1.27. The molecule has 0 saturated carbocycles. The molecule has 1 aromatic carbocycles. The number of hydrogen-bond donors (Lipinski definition) is 4. The van der Waals surface area contributed by atoms with E-state index in [9.17, 15) is 24.4 Å². The van der Waals surface area contributed by atoms with Gasteiger partial charge in [-0.2, -0.15) is 0 Å². The lowest BCUT2D eigenvalue weighted by atomic mass is 9.77. The maximum Gasteiger partial charge on any atom is 0.489 e. The van der Waals surface area contributed by atoms with Gasteiger partial charge >= 0.3 is 7.12 Å². The van der Waals surface area contributed by atoms with Gasteiger partial charge in [0, 0.05) is 24.2 Å². The van der Waals surface area contributed by atoms with Crippen LogP contribution in [-0.4, -0.2) is 60.1 Å². The zero-order valence-corrected chi connectivity index (χ0v) is 14.2. The number of piperidine rings is 1. The van der Waals surface area contributed by atoms with Gasteiger partial charge in [-0.15, -0.1) is 0 Å². The number of carbonyl (C=O) groups is 3. The number of nitrogens with one attached hydrogen (secondary N) is 2. The highest BCUT2D eigenvalue weighted by atomic mass is 16.5. The molecule has 3 rings (SSSR count). The van der Waals surface area contributed by atoms with Crippen LogP contribution < -0.4 is 16.1 Å². The van der Waals surface area contributed by atoms with Crippen molar-refractivity contribution in [3.05, 3.63) is 29.3 Å². The maximum atomic E-state index is 12.6. The number of rotatable bonds is 5. The Morgan fingerprint density at radius 3 is 2.81 bits per heavy atom. The molecule has 0 bridgehead atoms. The minimum Gasteiger partial charge on any atom is -0.423 e. The van der Waals surface area contributed by atoms with E-state index < -0.39 is 13.0 Å². The first-order valence-electron chi connectivity index (χ1n) is 8.66. The second kappa shape index (κ2) is 7.98. The van der Waals surface area contributed by atoms with Crippen molar-refractivity contribution in [3.63, 3.8) is 0 Å². The van der Waals surface area contributed by atoms with Gasteiger partial charge in [0.05, 0.1) is 18.2 Å². The van der Waals surface area contributed by atoms with E-state index in [-0.39, 0.29) is 40.7 Å². The fourth-order valence-corrected chi connectivity index (χ4v) is 3.53. The number of amides is 2. The van der Waals surface area contributed by atoms with E-state index in [2.05, 4.69) is 10.6 Å². The van der Waals surface area contributed by atoms with Crippen LogP contribution in [0.5, 0.6) is 0 Å². The van der Waals surface area contributed by atoms with Crippen molar-refractivity contribution < 1.29 is 29.2 Å². The average Bonchev–Trinajstić information content (AvgIpc) is 3.17. The molecule has 4 N–H and O–H groups in total. The quantitative estimate of drug-likeness (QED) is 0.384. The molecule has 2 saturated heterocycles. The summed E-state index contributed by atoms with van der Waals surface area (Å²) in [6.45, 7) is 0.644. The first-order chi connectivity index (χ1) is 12.5. The molecule has 0 spiro atoms. The highest BCUT2D eigenvalue weighted by Crippen LogP contribution is 2.22. The van der Waals surface area contributed by atoms with Crippen molar-refractivity contribution in [1.82, 2.24) is 10.6 Å². The molecule has 2 amide bonds. The predicted molar refractivity (Wildman–Crippen MR) is 93.0 cm³/mol. The van der Waals surface area contributed by atoms with Gasteiger partial charge in [0.15, 0.2) is 0 Å². The van der Waals surface area contributed by atoms with Gasteiger partial charge in [-0.25, -0.2) is 0 Å². The summed E-state index contributed by atoms with van der Waals surface area (Å²) < 4.78 is 5.67. The lowest BCUT2D eigenvalue weighted by Gasteiger charge is -2.36. The van der Waals surface area contributed by atoms with Gasteiger partial charge in [0.1, 0.15) is 6.29 Å². The molecule has 1 aromatic rings. The van der Waals surface area contributed by atoms with E-state index in [0.717, 1.165) is 12.8 Å². The number of aldehydes is 1. The third kappa shape index (κ3) is 3.95. The smallest absolute Gasteiger partial charge is 0.423 e. The van der Waals surface area contributed by atoms with Crippen LogP contribution in [0.2, 0.25) is 0 Å². The Morgan fingerprint density at radius 1 is 1.35 bits per heavy atom. The Labute approximate surface area is 151 Å². The summed E-state index contributed by atoms with van der Waals surface area (Å²) in [6.07, 6.45) is 2.93. The molecule has 8 nitrogen and oxygen atoms in total. The van der Waals surface area contributed by atoms with E-state index in [1.165, 1.54) is 18.2 Å². The van der Waals surface area contributed by atoms with Crippen LogP contribution in [0, 0.1) is 0 Å². The molecular weight excluding hydrogens is 339 g/mol. The summed E-state index contributed by atoms with van der Waals surface area (Å²) in [5.41, 5.74) is 0.318. The van der Waals surface area contributed by atoms with Crippen molar-refractivity contribution in [3.8, 4) is 0 Å². The minimum absolute atomic E-state index is 0.0405.